The molecule has 6 nitrogen and oxygen atoms in total. The van der Waals surface area contributed by atoms with E-state index < -0.39 is 0 Å². The lowest BCUT2D eigenvalue weighted by Crippen LogP contribution is -1.84. The minimum Gasteiger partial charge on any atom is -0.411 e. The summed E-state index contributed by atoms with van der Waals surface area (Å²) in [6.45, 7) is 4.83. The number of carbonyl (C=O) groups excluding carboxylic acids is 2. The normalized spacial score (nSPS) is 9.56. The van der Waals surface area contributed by atoms with E-state index in [2.05, 4.69) is 15.1 Å². The van der Waals surface area contributed by atoms with E-state index in [-0.39, 0.29) is 0 Å². The first-order valence-corrected chi connectivity index (χ1v) is 5.97. The molecule has 0 saturated heterocycles. The molecule has 0 spiro atoms. The fourth-order valence-electron chi connectivity index (χ4n) is 0.897. The number of rotatable bonds is 8. The van der Waals surface area contributed by atoms with Gasteiger partial charge in [-0.1, -0.05) is 24.9 Å². The molecule has 0 radical (unpaired) electrons. The summed E-state index contributed by atoms with van der Waals surface area (Å²) in [5.41, 5.74) is 0.773. The predicted octanol–water partition coefficient (Wildman–Crippen LogP) is 2.46. The van der Waals surface area contributed by atoms with Gasteiger partial charge < -0.3 is 5.21 Å². The Morgan fingerprint density at radius 3 is 1.67 bits per heavy atom. The Bertz CT molecular complexity index is 282. The average molecular weight is 255 g/mol. The number of unbranched alkanes of at least 4 members (excludes halogenated alkanes) is 3. The van der Waals surface area contributed by atoms with Gasteiger partial charge in [0.25, 0.3) is 0 Å². The smallest absolute Gasteiger partial charge is 0.234 e. The van der Waals surface area contributed by atoms with Crippen LogP contribution in [0.3, 0.4) is 0 Å². The minimum atomic E-state index is 0.556. The lowest BCUT2D eigenvalue weighted by Gasteiger charge is -1.93. The maximum Gasteiger partial charge on any atom is 0.234 e. The van der Waals surface area contributed by atoms with Gasteiger partial charge in [0, 0.05) is 0 Å². The highest BCUT2D eigenvalue weighted by Gasteiger charge is 1.87. The van der Waals surface area contributed by atoms with E-state index in [0.717, 1.165) is 37.8 Å². The number of hydrogen-bond acceptors (Lipinski definition) is 6. The third kappa shape index (κ3) is 19.7. The van der Waals surface area contributed by atoms with Crippen LogP contribution in [0.2, 0.25) is 0 Å². The number of nitrogens with zero attached hydrogens (tertiary/aromatic N) is 3. The fraction of sp³-hybridized carbons (Fsp3) is 0.750. The monoisotopic (exact) mass is 255 g/mol. The van der Waals surface area contributed by atoms with E-state index in [1.54, 1.807) is 6.92 Å². The van der Waals surface area contributed by atoms with Crippen molar-refractivity contribution >= 4 is 17.9 Å². The minimum absolute atomic E-state index is 0.556. The molecule has 0 saturated carbocycles. The molecule has 0 bridgehead atoms. The highest BCUT2D eigenvalue weighted by atomic mass is 16.4. The van der Waals surface area contributed by atoms with Crippen molar-refractivity contribution in [2.75, 3.05) is 13.1 Å². The lowest BCUT2D eigenvalue weighted by atomic mass is 10.2. The van der Waals surface area contributed by atoms with Crippen LogP contribution in [0.15, 0.2) is 15.1 Å². The van der Waals surface area contributed by atoms with Gasteiger partial charge in [0.05, 0.1) is 18.8 Å². The van der Waals surface area contributed by atoms with Gasteiger partial charge in [0.1, 0.15) is 0 Å². The van der Waals surface area contributed by atoms with Gasteiger partial charge in [-0.05, 0) is 26.2 Å². The Morgan fingerprint density at radius 2 is 1.44 bits per heavy atom. The van der Waals surface area contributed by atoms with E-state index in [4.69, 9.17) is 5.21 Å². The van der Waals surface area contributed by atoms with Crippen LogP contribution in [0.4, 0.5) is 0 Å². The summed E-state index contributed by atoms with van der Waals surface area (Å²) in [5.74, 6) is 0. The zero-order chi connectivity index (χ0) is 14.1. The van der Waals surface area contributed by atoms with Crippen molar-refractivity contribution < 1.29 is 14.8 Å². The molecule has 0 aliphatic carbocycles. The number of isocyanates is 2. The maximum absolute atomic E-state index is 9.63. The van der Waals surface area contributed by atoms with E-state index >= 15 is 0 Å². The summed E-state index contributed by atoms with van der Waals surface area (Å²) < 4.78 is 0. The Hall–Kier alpha value is -1.77. The van der Waals surface area contributed by atoms with Crippen LogP contribution in [-0.4, -0.2) is 36.2 Å². The van der Waals surface area contributed by atoms with Crippen LogP contribution in [0, 0.1) is 0 Å². The van der Waals surface area contributed by atoms with Crippen molar-refractivity contribution in [1.29, 1.82) is 0 Å². The van der Waals surface area contributed by atoms with Crippen molar-refractivity contribution in [2.45, 2.75) is 46.0 Å². The van der Waals surface area contributed by atoms with Gasteiger partial charge in [-0.25, -0.2) is 19.6 Å². The third-order valence-corrected chi connectivity index (χ3v) is 2.10. The standard InChI is InChI=1S/C8H12N2O2.C4H9NO/c11-7-9-5-3-1-2-4-6-10-8-12;1-3-4(2)5-6/h1-6H2;6H,3H2,1-2H3/b;5-4+. The molecule has 0 aromatic carbocycles. The summed E-state index contributed by atoms with van der Waals surface area (Å²) in [7, 11) is 0. The van der Waals surface area contributed by atoms with Gasteiger partial charge in [0.15, 0.2) is 0 Å². The highest BCUT2D eigenvalue weighted by molar-refractivity contribution is 5.80. The fourth-order valence-corrected chi connectivity index (χ4v) is 0.897. The molecule has 0 aromatic rings. The second kappa shape index (κ2) is 17.6. The SMILES string of the molecule is CC/C(C)=N/O.O=C=NCCCCCCN=C=O. The second-order valence-electron chi connectivity index (χ2n) is 3.55. The van der Waals surface area contributed by atoms with Crippen LogP contribution in [-0.2, 0) is 9.59 Å². The molecule has 102 valence electrons. The van der Waals surface area contributed by atoms with E-state index in [1.165, 1.54) is 12.2 Å². The molecule has 1 N–H and O–H groups in total. The quantitative estimate of drug-likeness (QED) is 0.237. The van der Waals surface area contributed by atoms with Crippen LogP contribution in [0.1, 0.15) is 46.0 Å². The van der Waals surface area contributed by atoms with E-state index in [1.807, 2.05) is 6.92 Å². The molecule has 0 aliphatic heterocycles. The Morgan fingerprint density at radius 1 is 1.00 bits per heavy atom. The van der Waals surface area contributed by atoms with E-state index in [9.17, 15) is 9.59 Å². The summed E-state index contributed by atoms with van der Waals surface area (Å²) in [5, 5.41) is 10.8. The molecule has 0 rings (SSSR count). The Labute approximate surface area is 108 Å². The largest absolute Gasteiger partial charge is 0.411 e. The summed E-state index contributed by atoms with van der Waals surface area (Å²) in [6, 6.07) is 0. The number of aliphatic imine (C=N–C) groups is 2. The van der Waals surface area contributed by atoms with Gasteiger partial charge in [0.2, 0.25) is 12.2 Å². The third-order valence-electron chi connectivity index (χ3n) is 2.10. The van der Waals surface area contributed by atoms with Crippen LogP contribution < -0.4 is 0 Å². The molecule has 0 amide bonds. The topological polar surface area (TPSA) is 91.4 Å². The van der Waals surface area contributed by atoms with Crippen molar-refractivity contribution in [1.82, 2.24) is 0 Å². The van der Waals surface area contributed by atoms with Crippen molar-refractivity contribution in [3.05, 3.63) is 0 Å². The average Bonchev–Trinajstić information content (AvgIpc) is 2.41. The maximum atomic E-state index is 9.63. The Kier molecular flexibility index (Phi) is 18.2. The molecule has 0 aromatic heterocycles. The van der Waals surface area contributed by atoms with Crippen LogP contribution in [0.5, 0.6) is 0 Å². The predicted molar refractivity (Wildman–Crippen MR) is 69.6 cm³/mol. The molecule has 0 unspecified atom stereocenters. The molecule has 0 fully saturated rings. The van der Waals surface area contributed by atoms with Crippen LogP contribution >= 0.6 is 0 Å². The van der Waals surface area contributed by atoms with Crippen molar-refractivity contribution in [2.24, 2.45) is 15.1 Å². The summed E-state index contributed by atoms with van der Waals surface area (Å²) >= 11 is 0. The van der Waals surface area contributed by atoms with Gasteiger partial charge in [-0.3, -0.25) is 0 Å². The first kappa shape index (κ1) is 18.6. The number of oxime groups is 1. The van der Waals surface area contributed by atoms with Crippen molar-refractivity contribution in [3.63, 3.8) is 0 Å². The zero-order valence-electron chi connectivity index (χ0n) is 11.1. The first-order valence-electron chi connectivity index (χ1n) is 5.97. The van der Waals surface area contributed by atoms with Gasteiger partial charge in [-0.15, -0.1) is 0 Å². The van der Waals surface area contributed by atoms with Gasteiger partial charge in [-0.2, -0.15) is 0 Å². The van der Waals surface area contributed by atoms with Crippen LogP contribution in [0.25, 0.3) is 0 Å². The number of hydrogen-bond donors (Lipinski definition) is 1. The van der Waals surface area contributed by atoms with E-state index in [0.29, 0.717) is 13.1 Å². The molecule has 0 atom stereocenters. The summed E-state index contributed by atoms with van der Waals surface area (Å²) in [6.07, 6.45) is 7.63. The molecule has 0 aliphatic rings. The Balaban J connectivity index is 0. The molecular weight excluding hydrogens is 234 g/mol. The van der Waals surface area contributed by atoms with Crippen molar-refractivity contribution in [3.8, 4) is 0 Å². The molecule has 6 heteroatoms. The second-order valence-corrected chi connectivity index (χ2v) is 3.55. The molecular formula is C12H21N3O3. The zero-order valence-corrected chi connectivity index (χ0v) is 11.1. The summed E-state index contributed by atoms with van der Waals surface area (Å²) in [4.78, 5) is 26.1. The highest BCUT2D eigenvalue weighted by Crippen LogP contribution is 1.99. The molecule has 18 heavy (non-hydrogen) atoms. The molecule has 0 heterocycles. The first-order chi connectivity index (χ1) is 8.72. The lowest BCUT2D eigenvalue weighted by molar-refractivity contribution is 0.317. The van der Waals surface area contributed by atoms with Gasteiger partial charge >= 0.3 is 0 Å².